The molecule has 0 radical (unpaired) electrons. The Bertz CT molecular complexity index is 1480. The number of fused-ring (bicyclic) bond motifs is 5. The zero-order chi connectivity index (χ0) is 25.8. The number of aryl methyl sites for hydroxylation is 1. The summed E-state index contributed by atoms with van der Waals surface area (Å²) in [5, 5.41) is 13.2. The van der Waals surface area contributed by atoms with Crippen LogP contribution in [0.15, 0.2) is 35.1 Å². The molecule has 0 amide bonds. The van der Waals surface area contributed by atoms with Crippen LogP contribution in [0.3, 0.4) is 0 Å². The van der Waals surface area contributed by atoms with Crippen molar-refractivity contribution in [3.63, 3.8) is 0 Å². The van der Waals surface area contributed by atoms with E-state index in [2.05, 4.69) is 19.2 Å². The van der Waals surface area contributed by atoms with Crippen LogP contribution in [0.1, 0.15) is 42.5 Å². The Kier molecular flexibility index (Phi) is 6.21. The predicted molar refractivity (Wildman–Crippen MR) is 144 cm³/mol. The number of hydrogen-bond acceptors (Lipinski definition) is 7. The van der Waals surface area contributed by atoms with Crippen molar-refractivity contribution >= 4 is 41.8 Å². The normalized spacial score (nSPS) is 18.5. The topological polar surface area (TPSA) is 98.5 Å². The van der Waals surface area contributed by atoms with Gasteiger partial charge in [0.15, 0.2) is 10.7 Å². The summed E-state index contributed by atoms with van der Waals surface area (Å²) in [5.41, 5.74) is 3.00. The number of hydrogen-bond donors (Lipinski definition) is 1. The molecule has 5 rings (SSSR count). The van der Waals surface area contributed by atoms with Crippen LogP contribution < -0.4 is 5.56 Å². The van der Waals surface area contributed by atoms with Crippen molar-refractivity contribution in [1.29, 1.82) is 0 Å². The van der Waals surface area contributed by atoms with Gasteiger partial charge in [0.1, 0.15) is 6.61 Å². The molecule has 0 bridgehead atoms. The highest BCUT2D eigenvalue weighted by Crippen LogP contribution is 2.40. The third kappa shape index (κ3) is 4.03. The van der Waals surface area contributed by atoms with Crippen LogP contribution in [0.2, 0.25) is 19.1 Å². The van der Waals surface area contributed by atoms with E-state index in [0.29, 0.717) is 23.4 Å². The second-order valence-electron chi connectivity index (χ2n) is 10.5. The smallest absolute Gasteiger partial charge is 0.343 e. The maximum atomic E-state index is 13.6. The Morgan fingerprint density at radius 2 is 2.00 bits per heavy atom. The molecule has 2 aliphatic rings. The van der Waals surface area contributed by atoms with Crippen molar-refractivity contribution < 1.29 is 19.4 Å². The molecule has 2 aliphatic heterocycles. The highest BCUT2D eigenvalue weighted by molar-refractivity contribution is 8.14. The molecule has 0 saturated carbocycles. The summed E-state index contributed by atoms with van der Waals surface area (Å²) in [5.74, 6) is -0.720. The second kappa shape index (κ2) is 8.97. The Morgan fingerprint density at radius 1 is 1.25 bits per heavy atom. The van der Waals surface area contributed by atoms with E-state index in [0.717, 1.165) is 40.0 Å². The molecule has 4 heterocycles. The van der Waals surface area contributed by atoms with E-state index in [1.165, 1.54) is 17.3 Å². The van der Waals surface area contributed by atoms with Crippen LogP contribution in [-0.4, -0.2) is 39.2 Å². The standard InChI is InChI=1S/C27H30N2O5SSi/c1-5-27(33)21-12-23-24-19(13-29(23)25(31)20(21)14-34-26(27)32)17(18-8-6-7-9-22(18)28-24)10-11-36(3,4)15-35-16(2)30/h6-9,12,33H,5,10-11,13-15H2,1-4H3. The number of aliphatic hydroxyl groups is 1. The van der Waals surface area contributed by atoms with E-state index in [1.807, 2.05) is 18.2 Å². The number of aromatic nitrogens is 2. The number of rotatable bonds is 6. The summed E-state index contributed by atoms with van der Waals surface area (Å²) in [7, 11) is -1.65. The maximum absolute atomic E-state index is 13.6. The SMILES string of the molecule is CCC1(O)C(=O)OCc2c1cc1n(c2=O)Cc2c-1nc1ccccc1c2CC[Si](C)(C)CSC(C)=O. The van der Waals surface area contributed by atoms with Gasteiger partial charge >= 0.3 is 5.97 Å². The number of esters is 1. The Balaban J connectivity index is 1.64. The van der Waals surface area contributed by atoms with Crippen molar-refractivity contribution in [1.82, 2.24) is 9.55 Å². The molecule has 0 fully saturated rings. The number of pyridine rings is 2. The molecule has 7 nitrogen and oxygen atoms in total. The number of carbonyl (C=O) groups excluding carboxylic acids is 2. The van der Waals surface area contributed by atoms with Gasteiger partial charge in [-0.2, -0.15) is 0 Å². The minimum absolute atomic E-state index is 0.114. The van der Waals surface area contributed by atoms with Gasteiger partial charge in [0, 0.05) is 23.4 Å². The van der Waals surface area contributed by atoms with Crippen molar-refractivity contribution in [3.05, 3.63) is 62.9 Å². The molecule has 9 heteroatoms. The first kappa shape index (κ1) is 24.9. The molecule has 1 unspecified atom stereocenters. The summed E-state index contributed by atoms with van der Waals surface area (Å²) in [6.45, 7) is 8.19. The summed E-state index contributed by atoms with van der Waals surface area (Å²) in [6.07, 6.45) is 0.953. The van der Waals surface area contributed by atoms with Gasteiger partial charge in [-0.05, 0) is 35.9 Å². The zero-order valence-electron chi connectivity index (χ0n) is 21.0. The number of benzene rings is 1. The van der Waals surface area contributed by atoms with Gasteiger partial charge in [-0.25, -0.2) is 9.78 Å². The molecule has 188 valence electrons. The van der Waals surface area contributed by atoms with Crippen molar-refractivity contribution in [2.45, 2.75) is 64.6 Å². The lowest BCUT2D eigenvalue weighted by Gasteiger charge is -2.31. The van der Waals surface area contributed by atoms with Gasteiger partial charge in [-0.15, -0.1) is 0 Å². The van der Waals surface area contributed by atoms with Gasteiger partial charge in [0.05, 0.1) is 37.1 Å². The lowest BCUT2D eigenvalue weighted by Crippen LogP contribution is -2.44. The average Bonchev–Trinajstić information content (AvgIpc) is 3.22. The van der Waals surface area contributed by atoms with Crippen molar-refractivity contribution in [3.8, 4) is 11.4 Å². The quantitative estimate of drug-likeness (QED) is 0.300. The number of cyclic esters (lactones) is 1. The lowest BCUT2D eigenvalue weighted by atomic mass is 9.86. The molecule has 2 aromatic heterocycles. The van der Waals surface area contributed by atoms with E-state index in [-0.39, 0.29) is 23.7 Å². The second-order valence-corrected chi connectivity index (χ2v) is 17.3. The molecule has 3 aromatic rings. The third-order valence-electron chi connectivity index (χ3n) is 7.43. The molecule has 36 heavy (non-hydrogen) atoms. The van der Waals surface area contributed by atoms with Crippen LogP contribution in [0, 0.1) is 0 Å². The molecular formula is C27H30N2O5SSi. The average molecular weight is 523 g/mol. The molecule has 0 saturated heterocycles. The number of nitrogens with zero attached hydrogens (tertiary/aromatic N) is 2. The van der Waals surface area contributed by atoms with Crippen LogP contribution in [0.25, 0.3) is 22.3 Å². The van der Waals surface area contributed by atoms with E-state index in [9.17, 15) is 19.5 Å². The number of thioether (sulfide) groups is 1. The molecule has 1 atom stereocenters. The molecular weight excluding hydrogens is 492 g/mol. The third-order valence-corrected chi connectivity index (χ3v) is 13.1. The monoisotopic (exact) mass is 522 g/mol. The highest BCUT2D eigenvalue weighted by Gasteiger charge is 2.45. The van der Waals surface area contributed by atoms with Gasteiger partial charge in [0.25, 0.3) is 5.56 Å². The number of ether oxygens (including phenoxy) is 1. The summed E-state index contributed by atoms with van der Waals surface area (Å²) in [4.78, 5) is 42.5. The first-order valence-electron chi connectivity index (χ1n) is 12.3. The zero-order valence-corrected chi connectivity index (χ0v) is 22.8. The Labute approximate surface area is 214 Å². The Morgan fingerprint density at radius 3 is 2.72 bits per heavy atom. The maximum Gasteiger partial charge on any atom is 0.343 e. The van der Waals surface area contributed by atoms with E-state index in [4.69, 9.17) is 9.72 Å². The van der Waals surface area contributed by atoms with Crippen LogP contribution in [0.4, 0.5) is 0 Å². The fourth-order valence-corrected chi connectivity index (χ4v) is 9.11. The van der Waals surface area contributed by atoms with Gasteiger partial charge in [-0.1, -0.05) is 56.0 Å². The van der Waals surface area contributed by atoms with Gasteiger partial charge < -0.3 is 14.4 Å². The lowest BCUT2D eigenvalue weighted by molar-refractivity contribution is -0.172. The van der Waals surface area contributed by atoms with E-state index < -0.39 is 19.6 Å². The summed E-state index contributed by atoms with van der Waals surface area (Å²) >= 11 is 1.41. The summed E-state index contributed by atoms with van der Waals surface area (Å²) < 4.78 is 6.89. The molecule has 0 spiro atoms. The fourth-order valence-electron chi connectivity index (χ4n) is 5.23. The van der Waals surface area contributed by atoms with Crippen LogP contribution >= 0.6 is 11.8 Å². The van der Waals surface area contributed by atoms with Crippen molar-refractivity contribution in [2.24, 2.45) is 0 Å². The highest BCUT2D eigenvalue weighted by atomic mass is 32.2. The van der Waals surface area contributed by atoms with Gasteiger partial charge in [0.2, 0.25) is 0 Å². The van der Waals surface area contributed by atoms with Crippen molar-refractivity contribution in [2.75, 3.05) is 5.38 Å². The summed E-state index contributed by atoms with van der Waals surface area (Å²) in [6, 6.07) is 10.8. The van der Waals surface area contributed by atoms with Crippen LogP contribution in [-0.2, 0) is 39.5 Å². The number of carbonyl (C=O) groups is 2. The minimum atomic E-state index is -1.84. The molecule has 1 N–H and O–H groups in total. The minimum Gasteiger partial charge on any atom is -0.458 e. The fraction of sp³-hybridized carbons (Fsp3) is 0.407. The molecule has 1 aromatic carbocycles. The predicted octanol–water partition coefficient (Wildman–Crippen LogP) is 4.15. The first-order chi connectivity index (χ1) is 17.1. The van der Waals surface area contributed by atoms with E-state index in [1.54, 1.807) is 24.5 Å². The Hall–Kier alpha value is -2.75. The first-order valence-corrected chi connectivity index (χ1v) is 16.7. The number of para-hydroxylation sites is 1. The molecule has 0 aliphatic carbocycles. The van der Waals surface area contributed by atoms with Crippen LogP contribution in [0.5, 0.6) is 0 Å². The van der Waals surface area contributed by atoms with Gasteiger partial charge in [-0.3, -0.25) is 9.59 Å². The van der Waals surface area contributed by atoms with E-state index >= 15 is 0 Å². The largest absolute Gasteiger partial charge is 0.458 e.